The van der Waals surface area contributed by atoms with Gasteiger partial charge in [0, 0.05) is 58.8 Å². The van der Waals surface area contributed by atoms with E-state index in [1.807, 2.05) is 4.90 Å². The predicted octanol–water partition coefficient (Wildman–Crippen LogP) is -0.574. The Bertz CT molecular complexity index is 665. The molecule has 0 spiro atoms. The molecule has 0 aromatic rings. The summed E-state index contributed by atoms with van der Waals surface area (Å²) in [5.41, 5.74) is 0. The first kappa shape index (κ1) is 27.6. The molecule has 0 saturated carbocycles. The van der Waals surface area contributed by atoms with Crippen molar-refractivity contribution in [2.45, 2.75) is 19.0 Å². The Morgan fingerprint density at radius 1 is 1.10 bits per heavy atom. The number of piperazine rings is 1. The van der Waals surface area contributed by atoms with Crippen LogP contribution in [0.15, 0.2) is 0 Å². The van der Waals surface area contributed by atoms with Crippen molar-refractivity contribution in [1.29, 1.82) is 0 Å². The SMILES string of the molecule is CS(=O)(=O)N(CCCN1CCOCC1)CCC(=O)N1CCNCC1.O=C(O)C(F)(F)F. The zero-order chi connectivity index (χ0) is 23.5. The lowest BCUT2D eigenvalue weighted by molar-refractivity contribution is -0.192. The quantitative estimate of drug-likeness (QED) is 0.478. The lowest BCUT2D eigenvalue weighted by atomic mass is 10.3. The van der Waals surface area contributed by atoms with Crippen molar-refractivity contribution in [2.75, 3.05) is 78.4 Å². The van der Waals surface area contributed by atoms with Gasteiger partial charge in [-0.05, 0) is 13.0 Å². The summed E-state index contributed by atoms with van der Waals surface area (Å²) < 4.78 is 62.4. The van der Waals surface area contributed by atoms with E-state index in [-0.39, 0.29) is 18.9 Å². The number of nitrogens with one attached hydrogen (secondary N) is 1. The molecule has 2 fully saturated rings. The Labute approximate surface area is 180 Å². The number of hydrogen-bond acceptors (Lipinski definition) is 7. The third-order valence-corrected chi connectivity index (χ3v) is 6.05. The Kier molecular flexibility index (Phi) is 11.7. The van der Waals surface area contributed by atoms with Gasteiger partial charge >= 0.3 is 12.1 Å². The Morgan fingerprint density at radius 2 is 1.65 bits per heavy atom. The summed E-state index contributed by atoms with van der Waals surface area (Å²) in [5, 5.41) is 10.3. The molecule has 0 aromatic heterocycles. The van der Waals surface area contributed by atoms with Crippen molar-refractivity contribution in [3.05, 3.63) is 0 Å². The smallest absolute Gasteiger partial charge is 0.475 e. The van der Waals surface area contributed by atoms with E-state index in [1.54, 1.807) is 0 Å². The van der Waals surface area contributed by atoms with Gasteiger partial charge in [0.2, 0.25) is 15.9 Å². The number of aliphatic carboxylic acids is 1. The second-order valence-corrected chi connectivity index (χ2v) is 9.14. The standard InChI is InChI=1S/C15H30N4O4S.C2HF3O2/c1-24(21,22)19(7-2-6-17-11-13-23-14-12-17)8-3-15(20)18-9-4-16-5-10-18;3-2(4,5)1(6)7/h16H,2-14H2,1H3;(H,6,7). The van der Waals surface area contributed by atoms with E-state index in [4.69, 9.17) is 14.6 Å². The zero-order valence-electron chi connectivity index (χ0n) is 17.6. The van der Waals surface area contributed by atoms with Crippen LogP contribution in [0.1, 0.15) is 12.8 Å². The fourth-order valence-corrected chi connectivity index (χ4v) is 3.92. The van der Waals surface area contributed by atoms with Gasteiger partial charge in [-0.3, -0.25) is 9.69 Å². The lowest BCUT2D eigenvalue weighted by Gasteiger charge is -2.29. The molecule has 2 heterocycles. The number of carboxylic acids is 1. The van der Waals surface area contributed by atoms with Crippen LogP contribution in [0, 0.1) is 0 Å². The van der Waals surface area contributed by atoms with Crippen LogP contribution in [0.2, 0.25) is 0 Å². The zero-order valence-corrected chi connectivity index (χ0v) is 18.4. The molecule has 0 atom stereocenters. The maximum absolute atomic E-state index is 12.2. The molecule has 31 heavy (non-hydrogen) atoms. The normalized spacial score (nSPS) is 18.4. The number of sulfonamides is 1. The van der Waals surface area contributed by atoms with Crippen LogP contribution < -0.4 is 5.32 Å². The van der Waals surface area contributed by atoms with Gasteiger partial charge in [0.05, 0.1) is 19.5 Å². The Morgan fingerprint density at radius 3 is 2.13 bits per heavy atom. The van der Waals surface area contributed by atoms with Crippen LogP contribution in [0.4, 0.5) is 13.2 Å². The average Bonchev–Trinajstić information content (AvgIpc) is 2.70. The molecule has 0 aromatic carbocycles. The minimum absolute atomic E-state index is 0.0401. The second-order valence-electron chi connectivity index (χ2n) is 7.15. The number of nitrogens with zero attached hydrogens (tertiary/aromatic N) is 3. The number of carbonyl (C=O) groups excluding carboxylic acids is 1. The van der Waals surface area contributed by atoms with Gasteiger partial charge < -0.3 is 20.1 Å². The number of alkyl halides is 3. The van der Waals surface area contributed by atoms with Gasteiger partial charge in [0.25, 0.3) is 0 Å². The predicted molar refractivity (Wildman–Crippen MR) is 106 cm³/mol. The van der Waals surface area contributed by atoms with Crippen LogP contribution in [0.3, 0.4) is 0 Å². The summed E-state index contributed by atoms with van der Waals surface area (Å²) in [4.78, 5) is 25.2. The average molecular weight is 477 g/mol. The monoisotopic (exact) mass is 476 g/mol. The van der Waals surface area contributed by atoms with Gasteiger partial charge in [-0.15, -0.1) is 0 Å². The molecule has 2 rings (SSSR count). The van der Waals surface area contributed by atoms with Crippen molar-refractivity contribution in [3.8, 4) is 0 Å². The molecule has 0 radical (unpaired) electrons. The molecule has 0 bridgehead atoms. The highest BCUT2D eigenvalue weighted by molar-refractivity contribution is 7.88. The first-order valence-corrected chi connectivity index (χ1v) is 11.8. The summed E-state index contributed by atoms with van der Waals surface area (Å²) in [6.45, 7) is 7.91. The molecule has 0 aliphatic carbocycles. The van der Waals surface area contributed by atoms with Gasteiger partial charge in [-0.25, -0.2) is 17.5 Å². The number of rotatable bonds is 8. The Hall–Kier alpha value is -1.48. The van der Waals surface area contributed by atoms with Crippen molar-refractivity contribution in [1.82, 2.24) is 19.4 Å². The number of ether oxygens (including phenoxy) is 1. The van der Waals surface area contributed by atoms with Crippen LogP contribution in [0.25, 0.3) is 0 Å². The summed E-state index contributed by atoms with van der Waals surface area (Å²) in [7, 11) is -3.29. The minimum Gasteiger partial charge on any atom is -0.475 e. The molecule has 14 heteroatoms. The number of halogens is 3. The van der Waals surface area contributed by atoms with Gasteiger partial charge in [-0.2, -0.15) is 13.2 Å². The van der Waals surface area contributed by atoms with E-state index in [9.17, 15) is 26.4 Å². The number of carboxylic acid groups (broad SMARTS) is 1. The van der Waals surface area contributed by atoms with Crippen LogP contribution in [0.5, 0.6) is 0 Å². The van der Waals surface area contributed by atoms with Gasteiger partial charge in [-0.1, -0.05) is 0 Å². The molecule has 2 aliphatic rings. The number of amides is 1. The number of carbonyl (C=O) groups is 2. The minimum atomic E-state index is -5.08. The summed E-state index contributed by atoms with van der Waals surface area (Å²) >= 11 is 0. The second kappa shape index (κ2) is 13.2. The maximum Gasteiger partial charge on any atom is 0.490 e. The van der Waals surface area contributed by atoms with E-state index < -0.39 is 22.2 Å². The van der Waals surface area contributed by atoms with Crippen LogP contribution >= 0.6 is 0 Å². The third kappa shape index (κ3) is 11.6. The summed E-state index contributed by atoms with van der Waals surface area (Å²) in [6, 6.07) is 0. The molecule has 2 saturated heterocycles. The van der Waals surface area contributed by atoms with E-state index in [0.29, 0.717) is 19.6 Å². The highest BCUT2D eigenvalue weighted by Crippen LogP contribution is 2.13. The highest BCUT2D eigenvalue weighted by atomic mass is 32.2. The Balaban J connectivity index is 0.000000592. The number of hydrogen-bond donors (Lipinski definition) is 2. The maximum atomic E-state index is 12.2. The largest absolute Gasteiger partial charge is 0.490 e. The summed E-state index contributed by atoms with van der Waals surface area (Å²) in [6.07, 6.45) is -2.84. The fourth-order valence-electron chi connectivity index (χ4n) is 3.03. The molecule has 10 nitrogen and oxygen atoms in total. The number of morpholine rings is 1. The van der Waals surface area contributed by atoms with Crippen molar-refractivity contribution < 1.29 is 41.0 Å². The van der Waals surface area contributed by atoms with E-state index >= 15 is 0 Å². The summed E-state index contributed by atoms with van der Waals surface area (Å²) in [5.74, 6) is -2.72. The topological polar surface area (TPSA) is 119 Å². The highest BCUT2D eigenvalue weighted by Gasteiger charge is 2.38. The molecule has 1 amide bonds. The lowest BCUT2D eigenvalue weighted by Crippen LogP contribution is -2.47. The molecular weight excluding hydrogens is 445 g/mol. The molecule has 2 N–H and O–H groups in total. The van der Waals surface area contributed by atoms with Crippen LogP contribution in [-0.2, 0) is 24.3 Å². The van der Waals surface area contributed by atoms with E-state index in [2.05, 4.69) is 10.2 Å². The van der Waals surface area contributed by atoms with Crippen LogP contribution in [-0.4, -0.2) is 124 Å². The van der Waals surface area contributed by atoms with Crippen molar-refractivity contribution in [3.63, 3.8) is 0 Å². The van der Waals surface area contributed by atoms with Crippen molar-refractivity contribution >= 4 is 21.9 Å². The first-order chi connectivity index (χ1) is 14.4. The molecule has 0 unspecified atom stereocenters. The van der Waals surface area contributed by atoms with Gasteiger partial charge in [0.1, 0.15) is 0 Å². The molecule has 182 valence electrons. The van der Waals surface area contributed by atoms with E-state index in [0.717, 1.165) is 52.4 Å². The van der Waals surface area contributed by atoms with Crippen molar-refractivity contribution in [2.24, 2.45) is 0 Å². The molecule has 2 aliphatic heterocycles. The fraction of sp³-hybridized carbons (Fsp3) is 0.882. The molecular formula is C17H31F3N4O6S. The van der Waals surface area contributed by atoms with E-state index in [1.165, 1.54) is 10.6 Å². The van der Waals surface area contributed by atoms with Gasteiger partial charge in [0.15, 0.2) is 0 Å². The first-order valence-electron chi connectivity index (χ1n) is 9.95. The third-order valence-electron chi connectivity index (χ3n) is 4.74.